The van der Waals surface area contributed by atoms with Crippen molar-refractivity contribution < 1.29 is 4.74 Å². The first-order valence-corrected chi connectivity index (χ1v) is 3.91. The van der Waals surface area contributed by atoms with Crippen LogP contribution < -0.4 is 9.72 Å². The molecule has 0 N–H and O–H groups in total. The van der Waals surface area contributed by atoms with Gasteiger partial charge < -0.3 is 19.9 Å². The highest BCUT2D eigenvalue weighted by molar-refractivity contribution is 5.23. The van der Waals surface area contributed by atoms with Crippen molar-refractivity contribution in [2.24, 2.45) is 0 Å². The summed E-state index contributed by atoms with van der Waals surface area (Å²) < 4.78 is 5.31. The maximum atomic E-state index is 5.31. The number of rotatable bonds is 2. The number of nitrogens with zero attached hydrogens (tertiary/aromatic N) is 3. The molecule has 0 amide bonds. The molecule has 1 aromatic heterocycles. The van der Waals surface area contributed by atoms with Crippen LogP contribution in [0.2, 0.25) is 0 Å². The van der Waals surface area contributed by atoms with Crippen molar-refractivity contribution in [2.45, 2.75) is 6.92 Å². The number of para-hydroxylation sites is 1. The van der Waals surface area contributed by atoms with Crippen LogP contribution in [-0.2, 0) is 0 Å². The number of hydrogen-bond donors (Lipinski definition) is 0. The van der Waals surface area contributed by atoms with Gasteiger partial charge in [0.15, 0.2) is 6.01 Å². The Labute approximate surface area is 75.6 Å². The summed E-state index contributed by atoms with van der Waals surface area (Å²) in [7, 11) is 0. The summed E-state index contributed by atoms with van der Waals surface area (Å²) in [6.07, 6.45) is 0. The van der Waals surface area contributed by atoms with Gasteiger partial charge in [0.2, 0.25) is 0 Å². The van der Waals surface area contributed by atoms with Crippen molar-refractivity contribution in [1.29, 1.82) is 0 Å². The molecule has 13 heavy (non-hydrogen) atoms. The zero-order valence-electron chi connectivity index (χ0n) is 7.14. The van der Waals surface area contributed by atoms with E-state index in [0.29, 0.717) is 11.8 Å². The van der Waals surface area contributed by atoms with E-state index >= 15 is 0 Å². The van der Waals surface area contributed by atoms with E-state index in [1.54, 1.807) is 6.92 Å². The number of hydrogen-bond acceptors (Lipinski definition) is 3. The fraction of sp³-hybridized carbons (Fsp3) is 0.111. The van der Waals surface area contributed by atoms with Gasteiger partial charge in [-0.1, -0.05) is 18.2 Å². The lowest BCUT2D eigenvalue weighted by molar-refractivity contribution is 0.442. The zero-order valence-corrected chi connectivity index (χ0v) is 7.14. The zero-order chi connectivity index (χ0) is 9.10. The molecule has 66 valence electrons. The minimum atomic E-state index is 0.295. The van der Waals surface area contributed by atoms with Crippen molar-refractivity contribution in [3.63, 3.8) is 0 Å². The van der Waals surface area contributed by atoms with E-state index in [2.05, 4.69) is 15.2 Å². The van der Waals surface area contributed by atoms with Gasteiger partial charge in [0.25, 0.3) is 0 Å². The third-order valence-corrected chi connectivity index (χ3v) is 1.49. The fourth-order valence-electron chi connectivity index (χ4n) is 0.935. The van der Waals surface area contributed by atoms with Crippen molar-refractivity contribution in [3.05, 3.63) is 36.2 Å². The lowest BCUT2D eigenvalue weighted by Gasteiger charge is -2.03. The summed E-state index contributed by atoms with van der Waals surface area (Å²) in [6, 6.07) is 9.67. The second-order valence-corrected chi connectivity index (χ2v) is 2.56. The topological polar surface area (TPSA) is 49.1 Å². The standard InChI is InChI=1S/C9H8N3O/c1-7-10-9(12-11-7)13-8-5-3-2-4-6-8/h2-6H,1H3/q-1. The van der Waals surface area contributed by atoms with E-state index in [0.717, 1.165) is 5.75 Å². The summed E-state index contributed by atoms with van der Waals surface area (Å²) >= 11 is 0. The molecule has 1 aromatic carbocycles. The number of benzene rings is 1. The van der Waals surface area contributed by atoms with Crippen LogP contribution in [0.3, 0.4) is 0 Å². The monoisotopic (exact) mass is 174 g/mol. The fourth-order valence-corrected chi connectivity index (χ4v) is 0.935. The van der Waals surface area contributed by atoms with Gasteiger partial charge >= 0.3 is 0 Å². The molecular weight excluding hydrogens is 166 g/mol. The Morgan fingerprint density at radius 1 is 1.15 bits per heavy atom. The molecule has 0 fully saturated rings. The van der Waals surface area contributed by atoms with Crippen LogP contribution in [-0.4, -0.2) is 10.2 Å². The van der Waals surface area contributed by atoms with Crippen LogP contribution in [0.5, 0.6) is 11.8 Å². The summed E-state index contributed by atoms with van der Waals surface area (Å²) in [4.78, 5) is 3.96. The van der Waals surface area contributed by atoms with E-state index in [1.165, 1.54) is 0 Å². The highest BCUT2D eigenvalue weighted by Gasteiger charge is 1.92. The largest absolute Gasteiger partial charge is 0.450 e. The van der Waals surface area contributed by atoms with Gasteiger partial charge in [0, 0.05) is 0 Å². The highest BCUT2D eigenvalue weighted by atomic mass is 16.5. The van der Waals surface area contributed by atoms with Crippen LogP contribution in [0.15, 0.2) is 30.3 Å². The van der Waals surface area contributed by atoms with Gasteiger partial charge in [-0.05, 0) is 24.9 Å². The molecule has 0 aliphatic heterocycles. The molecule has 1 heterocycles. The summed E-state index contributed by atoms with van der Waals surface area (Å²) in [5.74, 6) is 1.33. The third-order valence-electron chi connectivity index (χ3n) is 1.49. The van der Waals surface area contributed by atoms with Crippen molar-refractivity contribution in [3.8, 4) is 11.8 Å². The first-order chi connectivity index (χ1) is 6.34. The summed E-state index contributed by atoms with van der Waals surface area (Å²) in [5.41, 5.74) is 0. The Morgan fingerprint density at radius 2 is 1.92 bits per heavy atom. The van der Waals surface area contributed by atoms with E-state index < -0.39 is 0 Å². The lowest BCUT2D eigenvalue weighted by Crippen LogP contribution is -1.86. The lowest BCUT2D eigenvalue weighted by atomic mass is 10.3. The van der Waals surface area contributed by atoms with Gasteiger partial charge in [0.05, 0.1) is 0 Å². The Morgan fingerprint density at radius 3 is 2.54 bits per heavy atom. The molecular formula is C9H8N3O-. The van der Waals surface area contributed by atoms with Crippen molar-refractivity contribution in [2.75, 3.05) is 0 Å². The third kappa shape index (κ3) is 1.84. The number of aryl methyl sites for hydroxylation is 1. The average molecular weight is 174 g/mol. The molecule has 0 atom stereocenters. The molecule has 2 rings (SSSR count). The first-order valence-electron chi connectivity index (χ1n) is 3.91. The molecule has 4 nitrogen and oxygen atoms in total. The molecule has 0 aliphatic carbocycles. The van der Waals surface area contributed by atoms with E-state index in [1.807, 2.05) is 30.3 Å². The highest BCUT2D eigenvalue weighted by Crippen LogP contribution is 2.15. The molecule has 2 aromatic rings. The Hall–Kier alpha value is -1.84. The second kappa shape index (κ2) is 3.26. The molecule has 0 bridgehead atoms. The Bertz CT molecular complexity index is 383. The number of ether oxygens (including phenoxy) is 1. The summed E-state index contributed by atoms with van der Waals surface area (Å²) in [5, 5.41) is 7.45. The minimum Gasteiger partial charge on any atom is -0.450 e. The van der Waals surface area contributed by atoms with Crippen molar-refractivity contribution in [1.82, 2.24) is 15.2 Å². The van der Waals surface area contributed by atoms with Gasteiger partial charge in [0.1, 0.15) is 5.75 Å². The maximum Gasteiger partial charge on any atom is 0.177 e. The van der Waals surface area contributed by atoms with E-state index in [9.17, 15) is 0 Å². The van der Waals surface area contributed by atoms with Crippen LogP contribution in [0.4, 0.5) is 0 Å². The Kier molecular flexibility index (Phi) is 1.96. The second-order valence-electron chi connectivity index (χ2n) is 2.56. The SMILES string of the molecule is Cc1nnc(Oc2ccccc2)[n-]1. The normalized spacial score (nSPS) is 9.92. The summed E-state index contributed by atoms with van der Waals surface area (Å²) in [6.45, 7) is 1.77. The van der Waals surface area contributed by atoms with Crippen molar-refractivity contribution >= 4 is 0 Å². The van der Waals surface area contributed by atoms with Crippen LogP contribution in [0, 0.1) is 6.92 Å². The van der Waals surface area contributed by atoms with Gasteiger partial charge in [-0.3, -0.25) is 0 Å². The predicted octanol–water partition coefficient (Wildman–Crippen LogP) is 1.53. The molecule has 0 unspecified atom stereocenters. The van der Waals surface area contributed by atoms with Crippen LogP contribution in [0.25, 0.3) is 0 Å². The van der Waals surface area contributed by atoms with Gasteiger partial charge in [-0.25, -0.2) is 0 Å². The molecule has 0 saturated heterocycles. The van der Waals surface area contributed by atoms with Crippen LogP contribution >= 0.6 is 0 Å². The molecule has 0 spiro atoms. The smallest absolute Gasteiger partial charge is 0.177 e. The van der Waals surface area contributed by atoms with E-state index in [-0.39, 0.29) is 0 Å². The average Bonchev–Trinajstić information content (AvgIpc) is 2.53. The van der Waals surface area contributed by atoms with Crippen LogP contribution in [0.1, 0.15) is 5.82 Å². The maximum absolute atomic E-state index is 5.31. The quantitative estimate of drug-likeness (QED) is 0.692. The predicted molar refractivity (Wildman–Crippen MR) is 46.6 cm³/mol. The Balaban J connectivity index is 2.15. The molecule has 4 heteroatoms. The molecule has 0 aliphatic rings. The molecule has 0 radical (unpaired) electrons. The number of aromatic nitrogens is 3. The first kappa shape index (κ1) is 7.79. The van der Waals surface area contributed by atoms with Gasteiger partial charge in [-0.15, -0.1) is 0 Å². The molecule has 0 saturated carbocycles. The van der Waals surface area contributed by atoms with E-state index in [4.69, 9.17) is 4.74 Å². The minimum absolute atomic E-state index is 0.295. The van der Waals surface area contributed by atoms with Gasteiger partial charge in [-0.2, -0.15) is 0 Å².